The molecule has 0 fully saturated rings. The predicted molar refractivity (Wildman–Crippen MR) is 65.3 cm³/mol. The van der Waals surface area contributed by atoms with E-state index in [1.54, 1.807) is 12.1 Å². The van der Waals surface area contributed by atoms with Crippen molar-refractivity contribution in [1.82, 2.24) is 0 Å². The van der Waals surface area contributed by atoms with Crippen LogP contribution in [0.25, 0.3) is 0 Å². The summed E-state index contributed by atoms with van der Waals surface area (Å²) < 4.78 is 5.35. The van der Waals surface area contributed by atoms with Crippen molar-refractivity contribution in [3.05, 3.63) is 42.5 Å². The van der Waals surface area contributed by atoms with E-state index in [-0.39, 0.29) is 0 Å². The summed E-state index contributed by atoms with van der Waals surface area (Å²) in [5.41, 5.74) is 1.68. The first kappa shape index (κ1) is 12.3. The van der Waals surface area contributed by atoms with Crippen LogP contribution in [0, 0.1) is 11.3 Å². The standard InChI is InChI=1S/C13H16N2O/c1-2-3-9-16-10-8-15-13-6-4-12(11-14)5-7-13/h2,4-7,15H,1,3,8-10H2. The van der Waals surface area contributed by atoms with Crippen LogP contribution in [0.4, 0.5) is 5.69 Å². The van der Waals surface area contributed by atoms with E-state index in [1.807, 2.05) is 18.2 Å². The van der Waals surface area contributed by atoms with Crippen LogP contribution >= 0.6 is 0 Å². The number of rotatable bonds is 7. The van der Waals surface area contributed by atoms with Gasteiger partial charge in [0, 0.05) is 12.2 Å². The molecule has 16 heavy (non-hydrogen) atoms. The van der Waals surface area contributed by atoms with Crippen LogP contribution in [-0.4, -0.2) is 19.8 Å². The summed E-state index contributed by atoms with van der Waals surface area (Å²) in [7, 11) is 0. The summed E-state index contributed by atoms with van der Waals surface area (Å²) in [4.78, 5) is 0. The van der Waals surface area contributed by atoms with Crippen molar-refractivity contribution < 1.29 is 4.74 Å². The van der Waals surface area contributed by atoms with E-state index in [9.17, 15) is 0 Å². The molecule has 0 bridgehead atoms. The van der Waals surface area contributed by atoms with E-state index in [0.717, 1.165) is 25.3 Å². The third-order valence-corrected chi connectivity index (χ3v) is 2.06. The molecule has 0 unspecified atom stereocenters. The van der Waals surface area contributed by atoms with Gasteiger partial charge in [0.05, 0.1) is 24.8 Å². The van der Waals surface area contributed by atoms with Crippen LogP contribution < -0.4 is 5.32 Å². The number of hydrogen-bond acceptors (Lipinski definition) is 3. The first-order valence-corrected chi connectivity index (χ1v) is 5.29. The zero-order valence-corrected chi connectivity index (χ0v) is 9.28. The van der Waals surface area contributed by atoms with Gasteiger partial charge in [-0.3, -0.25) is 0 Å². The van der Waals surface area contributed by atoms with E-state index in [4.69, 9.17) is 10.00 Å². The van der Waals surface area contributed by atoms with Gasteiger partial charge >= 0.3 is 0 Å². The Morgan fingerprint density at radius 2 is 2.06 bits per heavy atom. The van der Waals surface area contributed by atoms with E-state index in [1.165, 1.54) is 0 Å². The Morgan fingerprint density at radius 1 is 1.31 bits per heavy atom. The molecule has 0 amide bonds. The van der Waals surface area contributed by atoms with Crippen LogP contribution in [0.15, 0.2) is 36.9 Å². The number of benzene rings is 1. The second-order valence-electron chi connectivity index (χ2n) is 3.31. The zero-order chi connectivity index (χ0) is 11.6. The highest BCUT2D eigenvalue weighted by atomic mass is 16.5. The zero-order valence-electron chi connectivity index (χ0n) is 9.28. The third kappa shape index (κ3) is 4.63. The lowest BCUT2D eigenvalue weighted by atomic mass is 10.2. The van der Waals surface area contributed by atoms with Crippen molar-refractivity contribution in [2.24, 2.45) is 0 Å². The van der Waals surface area contributed by atoms with Gasteiger partial charge in [-0.15, -0.1) is 6.58 Å². The minimum atomic E-state index is 0.674. The van der Waals surface area contributed by atoms with Gasteiger partial charge in [0.2, 0.25) is 0 Å². The van der Waals surface area contributed by atoms with E-state index in [2.05, 4.69) is 18.0 Å². The molecule has 0 heterocycles. The smallest absolute Gasteiger partial charge is 0.0991 e. The molecule has 0 spiro atoms. The van der Waals surface area contributed by atoms with Gasteiger partial charge in [0.1, 0.15) is 0 Å². The molecule has 1 aromatic rings. The summed E-state index contributed by atoms with van der Waals surface area (Å²) in [6.07, 6.45) is 2.73. The molecule has 3 heteroatoms. The molecule has 0 saturated carbocycles. The van der Waals surface area contributed by atoms with Crippen molar-refractivity contribution in [2.45, 2.75) is 6.42 Å². The maximum atomic E-state index is 8.63. The molecule has 1 N–H and O–H groups in total. The monoisotopic (exact) mass is 216 g/mol. The van der Waals surface area contributed by atoms with Gasteiger partial charge in [0.25, 0.3) is 0 Å². The lowest BCUT2D eigenvalue weighted by Crippen LogP contribution is -2.09. The molecule has 0 atom stereocenters. The Bertz CT molecular complexity index is 351. The number of hydrogen-bond donors (Lipinski definition) is 1. The normalized spacial score (nSPS) is 9.44. The molecule has 84 valence electrons. The molecule has 1 rings (SSSR count). The fourth-order valence-electron chi connectivity index (χ4n) is 1.20. The number of anilines is 1. The molecule has 0 aliphatic heterocycles. The van der Waals surface area contributed by atoms with Crippen LogP contribution in [0.1, 0.15) is 12.0 Å². The summed E-state index contributed by atoms with van der Waals surface area (Å²) in [6.45, 7) is 5.78. The molecule has 0 aromatic heterocycles. The van der Waals surface area contributed by atoms with E-state index in [0.29, 0.717) is 12.2 Å². The second-order valence-corrected chi connectivity index (χ2v) is 3.31. The summed E-state index contributed by atoms with van der Waals surface area (Å²) in [5.74, 6) is 0. The summed E-state index contributed by atoms with van der Waals surface area (Å²) in [6, 6.07) is 9.45. The van der Waals surface area contributed by atoms with E-state index < -0.39 is 0 Å². The fraction of sp³-hybridized carbons (Fsp3) is 0.308. The molecule has 1 aromatic carbocycles. The minimum Gasteiger partial charge on any atom is -0.383 e. The first-order valence-electron chi connectivity index (χ1n) is 5.29. The molecule has 0 aliphatic carbocycles. The average molecular weight is 216 g/mol. The Kier molecular flexibility index (Phi) is 5.75. The van der Waals surface area contributed by atoms with Gasteiger partial charge in [-0.05, 0) is 30.7 Å². The van der Waals surface area contributed by atoms with Gasteiger partial charge in [-0.2, -0.15) is 5.26 Å². The van der Waals surface area contributed by atoms with Crippen molar-refractivity contribution in [3.63, 3.8) is 0 Å². The molecule has 0 saturated heterocycles. The second kappa shape index (κ2) is 7.49. The first-order chi connectivity index (χ1) is 7.86. The largest absolute Gasteiger partial charge is 0.383 e. The summed E-state index contributed by atoms with van der Waals surface area (Å²) in [5, 5.41) is 11.8. The molecular weight excluding hydrogens is 200 g/mol. The quantitative estimate of drug-likeness (QED) is 0.562. The predicted octanol–water partition coefficient (Wildman–Crippen LogP) is 2.56. The van der Waals surface area contributed by atoms with Crippen molar-refractivity contribution in [3.8, 4) is 6.07 Å². The number of nitrogens with one attached hydrogen (secondary N) is 1. The Labute approximate surface area is 96.4 Å². The fourth-order valence-corrected chi connectivity index (χ4v) is 1.20. The van der Waals surface area contributed by atoms with Crippen LogP contribution in [0.2, 0.25) is 0 Å². The number of nitriles is 1. The Hall–Kier alpha value is -1.79. The summed E-state index contributed by atoms with van der Waals surface area (Å²) >= 11 is 0. The van der Waals surface area contributed by atoms with Crippen LogP contribution in [0.3, 0.4) is 0 Å². The SMILES string of the molecule is C=CCCOCCNc1ccc(C#N)cc1. The molecular formula is C13H16N2O. The lowest BCUT2D eigenvalue weighted by molar-refractivity contribution is 0.149. The van der Waals surface area contributed by atoms with Gasteiger partial charge < -0.3 is 10.1 Å². The molecule has 3 nitrogen and oxygen atoms in total. The number of ether oxygens (including phenoxy) is 1. The van der Waals surface area contributed by atoms with Gasteiger partial charge in [-0.25, -0.2) is 0 Å². The average Bonchev–Trinajstić information content (AvgIpc) is 2.34. The maximum Gasteiger partial charge on any atom is 0.0991 e. The van der Waals surface area contributed by atoms with Gasteiger partial charge in [0.15, 0.2) is 0 Å². The highest BCUT2D eigenvalue weighted by Crippen LogP contribution is 2.07. The van der Waals surface area contributed by atoms with Crippen LogP contribution in [-0.2, 0) is 4.74 Å². The topological polar surface area (TPSA) is 45.0 Å². The highest BCUT2D eigenvalue weighted by molar-refractivity contribution is 5.46. The number of nitrogens with zero attached hydrogens (tertiary/aromatic N) is 1. The molecule has 0 radical (unpaired) electrons. The van der Waals surface area contributed by atoms with Crippen molar-refractivity contribution in [2.75, 3.05) is 25.1 Å². The Balaban J connectivity index is 2.17. The van der Waals surface area contributed by atoms with Crippen LogP contribution in [0.5, 0.6) is 0 Å². The van der Waals surface area contributed by atoms with Gasteiger partial charge in [-0.1, -0.05) is 6.08 Å². The third-order valence-electron chi connectivity index (χ3n) is 2.06. The van der Waals surface area contributed by atoms with Crippen molar-refractivity contribution >= 4 is 5.69 Å². The van der Waals surface area contributed by atoms with Crippen molar-refractivity contribution in [1.29, 1.82) is 5.26 Å². The highest BCUT2D eigenvalue weighted by Gasteiger charge is 1.92. The molecule has 0 aliphatic rings. The Morgan fingerprint density at radius 3 is 2.69 bits per heavy atom. The minimum absolute atomic E-state index is 0.674. The van der Waals surface area contributed by atoms with E-state index >= 15 is 0 Å². The maximum absolute atomic E-state index is 8.63. The lowest BCUT2D eigenvalue weighted by Gasteiger charge is -2.06.